The van der Waals surface area contributed by atoms with E-state index in [0.29, 0.717) is 5.92 Å². The van der Waals surface area contributed by atoms with Gasteiger partial charge in [-0.2, -0.15) is 0 Å². The van der Waals surface area contributed by atoms with Crippen LogP contribution in [0.2, 0.25) is 0 Å². The maximum Gasteiger partial charge on any atom is 0.0708 e. The maximum atomic E-state index is 4.90. The smallest absolute Gasteiger partial charge is 0.0708 e. The lowest BCUT2D eigenvalue weighted by Crippen LogP contribution is -2.14. The van der Waals surface area contributed by atoms with Crippen molar-refractivity contribution >= 4 is 10.9 Å². The van der Waals surface area contributed by atoms with Crippen molar-refractivity contribution in [3.05, 3.63) is 41.1 Å². The topological polar surface area (TPSA) is 24.9 Å². The third kappa shape index (κ3) is 2.50. The molecular weight excluding hydrogens is 232 g/mol. The fraction of sp³-hybridized carbons (Fsp3) is 0.471. The molecule has 100 valence electrons. The average molecular weight is 254 g/mol. The van der Waals surface area contributed by atoms with Crippen molar-refractivity contribution in [2.24, 2.45) is 5.92 Å². The second-order valence-electron chi connectivity index (χ2n) is 5.91. The van der Waals surface area contributed by atoms with Gasteiger partial charge in [0.05, 0.1) is 5.52 Å². The highest BCUT2D eigenvalue weighted by atomic mass is 14.9. The van der Waals surface area contributed by atoms with Crippen LogP contribution in [0.15, 0.2) is 24.3 Å². The van der Waals surface area contributed by atoms with Gasteiger partial charge < -0.3 is 5.32 Å². The zero-order valence-electron chi connectivity index (χ0n) is 11.9. The van der Waals surface area contributed by atoms with Crippen molar-refractivity contribution in [2.75, 3.05) is 6.54 Å². The quantitative estimate of drug-likeness (QED) is 0.887. The molecule has 2 heterocycles. The molecular formula is C17H22N2. The summed E-state index contributed by atoms with van der Waals surface area (Å²) in [4.78, 5) is 4.90. The average Bonchev–Trinajstić information content (AvgIpc) is 2.63. The third-order valence-electron chi connectivity index (χ3n) is 3.88. The van der Waals surface area contributed by atoms with E-state index in [1.807, 2.05) is 0 Å². The van der Waals surface area contributed by atoms with Crippen LogP contribution in [0.5, 0.6) is 0 Å². The van der Waals surface area contributed by atoms with E-state index in [4.69, 9.17) is 4.98 Å². The summed E-state index contributed by atoms with van der Waals surface area (Å²) in [5, 5.41) is 4.89. The van der Waals surface area contributed by atoms with E-state index in [9.17, 15) is 0 Å². The normalized spacial score (nSPS) is 15.5. The number of hydrogen-bond acceptors (Lipinski definition) is 2. The highest BCUT2D eigenvalue weighted by molar-refractivity contribution is 5.83. The van der Waals surface area contributed by atoms with E-state index in [1.165, 1.54) is 34.1 Å². The SMILES string of the molecule is CC(C)Cc1c2c(nc3ccccc13)CCCNC2. The van der Waals surface area contributed by atoms with Gasteiger partial charge in [0.1, 0.15) is 0 Å². The molecule has 3 rings (SSSR count). The Morgan fingerprint density at radius 2 is 2.11 bits per heavy atom. The molecule has 0 aliphatic carbocycles. The number of pyridine rings is 1. The van der Waals surface area contributed by atoms with Gasteiger partial charge >= 0.3 is 0 Å². The highest BCUT2D eigenvalue weighted by Gasteiger charge is 2.17. The lowest BCUT2D eigenvalue weighted by Gasteiger charge is -2.17. The van der Waals surface area contributed by atoms with Crippen LogP contribution in [0, 0.1) is 5.92 Å². The number of rotatable bonds is 2. The number of aryl methyl sites for hydroxylation is 1. The standard InChI is InChI=1S/C17H22N2/c1-12(2)10-14-13-6-3-4-7-16(13)19-17-8-5-9-18-11-15(14)17/h3-4,6-7,12,18H,5,8-11H2,1-2H3. The van der Waals surface area contributed by atoms with Crippen LogP contribution in [0.3, 0.4) is 0 Å². The molecule has 19 heavy (non-hydrogen) atoms. The molecule has 1 aliphatic heterocycles. The first kappa shape index (κ1) is 12.6. The van der Waals surface area contributed by atoms with Crippen LogP contribution in [-0.2, 0) is 19.4 Å². The van der Waals surface area contributed by atoms with E-state index in [2.05, 4.69) is 43.4 Å². The molecule has 2 heteroatoms. The Bertz CT molecular complexity index is 587. The first-order valence-electron chi connectivity index (χ1n) is 7.36. The second-order valence-corrected chi connectivity index (χ2v) is 5.91. The summed E-state index contributed by atoms with van der Waals surface area (Å²) in [6.07, 6.45) is 3.45. The number of fused-ring (bicyclic) bond motifs is 2. The molecule has 1 aliphatic rings. The molecule has 1 aromatic heterocycles. The molecule has 0 saturated heterocycles. The van der Waals surface area contributed by atoms with E-state index < -0.39 is 0 Å². The van der Waals surface area contributed by atoms with Gasteiger partial charge in [-0.25, -0.2) is 0 Å². The van der Waals surface area contributed by atoms with Gasteiger partial charge in [0.2, 0.25) is 0 Å². The van der Waals surface area contributed by atoms with Gasteiger partial charge in [-0.1, -0.05) is 32.0 Å². The Kier molecular flexibility index (Phi) is 3.52. The van der Waals surface area contributed by atoms with E-state index >= 15 is 0 Å². The Labute approximate surface area is 115 Å². The third-order valence-corrected chi connectivity index (χ3v) is 3.88. The molecule has 1 N–H and O–H groups in total. The largest absolute Gasteiger partial charge is 0.313 e. The molecule has 0 saturated carbocycles. The highest BCUT2D eigenvalue weighted by Crippen LogP contribution is 2.27. The van der Waals surface area contributed by atoms with Crippen molar-refractivity contribution in [3.63, 3.8) is 0 Å². The summed E-state index contributed by atoms with van der Waals surface area (Å²) < 4.78 is 0. The van der Waals surface area contributed by atoms with Gasteiger partial charge in [-0.15, -0.1) is 0 Å². The summed E-state index contributed by atoms with van der Waals surface area (Å²) >= 11 is 0. The number of aromatic nitrogens is 1. The van der Waals surface area contributed by atoms with Crippen molar-refractivity contribution in [1.82, 2.24) is 10.3 Å². The lowest BCUT2D eigenvalue weighted by molar-refractivity contribution is 0.637. The van der Waals surface area contributed by atoms with Crippen LogP contribution >= 0.6 is 0 Å². The molecule has 0 atom stereocenters. The maximum absolute atomic E-state index is 4.90. The van der Waals surface area contributed by atoms with Crippen LogP contribution in [-0.4, -0.2) is 11.5 Å². The van der Waals surface area contributed by atoms with Crippen molar-refractivity contribution in [2.45, 2.75) is 39.7 Å². The van der Waals surface area contributed by atoms with E-state index in [-0.39, 0.29) is 0 Å². The van der Waals surface area contributed by atoms with Gasteiger partial charge in [0, 0.05) is 17.6 Å². The van der Waals surface area contributed by atoms with Crippen molar-refractivity contribution < 1.29 is 0 Å². The summed E-state index contributed by atoms with van der Waals surface area (Å²) in [6.45, 7) is 6.68. The first-order chi connectivity index (χ1) is 9.25. The molecule has 0 radical (unpaired) electrons. The molecule has 0 fully saturated rings. The van der Waals surface area contributed by atoms with Crippen LogP contribution in [0.25, 0.3) is 10.9 Å². The molecule has 2 nitrogen and oxygen atoms in total. The first-order valence-corrected chi connectivity index (χ1v) is 7.36. The summed E-state index contributed by atoms with van der Waals surface area (Å²) in [5.41, 5.74) is 5.47. The molecule has 2 aromatic rings. The van der Waals surface area contributed by atoms with Crippen LogP contribution in [0.4, 0.5) is 0 Å². The predicted molar refractivity (Wildman–Crippen MR) is 80.3 cm³/mol. The molecule has 1 aromatic carbocycles. The number of benzene rings is 1. The zero-order valence-corrected chi connectivity index (χ0v) is 11.9. The summed E-state index contributed by atoms with van der Waals surface area (Å²) in [5.74, 6) is 0.679. The minimum absolute atomic E-state index is 0.679. The Morgan fingerprint density at radius 1 is 1.26 bits per heavy atom. The predicted octanol–water partition coefficient (Wildman–Crippen LogP) is 3.47. The molecule has 0 amide bonds. The fourth-order valence-corrected chi connectivity index (χ4v) is 3.03. The number of nitrogens with one attached hydrogen (secondary N) is 1. The van der Waals surface area contributed by atoms with Gasteiger partial charge in [0.15, 0.2) is 0 Å². The lowest BCUT2D eigenvalue weighted by atomic mass is 9.92. The molecule has 0 spiro atoms. The monoisotopic (exact) mass is 254 g/mol. The number of para-hydroxylation sites is 1. The number of hydrogen-bond donors (Lipinski definition) is 1. The Morgan fingerprint density at radius 3 is 2.95 bits per heavy atom. The van der Waals surface area contributed by atoms with E-state index in [0.717, 1.165) is 25.9 Å². The Balaban J connectivity index is 2.23. The fourth-order valence-electron chi connectivity index (χ4n) is 3.03. The second kappa shape index (κ2) is 5.30. The summed E-state index contributed by atoms with van der Waals surface area (Å²) in [7, 11) is 0. The molecule has 0 bridgehead atoms. The number of nitrogens with zero attached hydrogens (tertiary/aromatic N) is 1. The van der Waals surface area contributed by atoms with Gasteiger partial charge in [0.25, 0.3) is 0 Å². The van der Waals surface area contributed by atoms with E-state index in [1.54, 1.807) is 0 Å². The minimum atomic E-state index is 0.679. The minimum Gasteiger partial charge on any atom is -0.313 e. The van der Waals surface area contributed by atoms with Gasteiger partial charge in [-0.3, -0.25) is 4.98 Å². The molecule has 0 unspecified atom stereocenters. The van der Waals surface area contributed by atoms with Crippen molar-refractivity contribution in [3.8, 4) is 0 Å². The summed E-state index contributed by atoms with van der Waals surface area (Å²) in [6, 6.07) is 8.60. The van der Waals surface area contributed by atoms with Gasteiger partial charge in [-0.05, 0) is 48.9 Å². The Hall–Kier alpha value is -1.41. The van der Waals surface area contributed by atoms with Crippen LogP contribution < -0.4 is 5.32 Å². The van der Waals surface area contributed by atoms with Crippen molar-refractivity contribution in [1.29, 1.82) is 0 Å². The van der Waals surface area contributed by atoms with Crippen LogP contribution in [0.1, 0.15) is 37.1 Å². The zero-order chi connectivity index (χ0) is 13.2.